The largest absolute Gasteiger partial charge is 0.378 e. The fourth-order valence-electron chi connectivity index (χ4n) is 3.11. The number of carbonyl (C=O) groups excluding carboxylic acids is 1. The van der Waals surface area contributed by atoms with E-state index in [0.29, 0.717) is 13.1 Å². The lowest BCUT2D eigenvalue weighted by atomic mass is 10.1. The Balaban J connectivity index is 1.55. The summed E-state index contributed by atoms with van der Waals surface area (Å²) in [5.74, 6) is -0.232. The van der Waals surface area contributed by atoms with Crippen LogP contribution in [0.2, 0.25) is 0 Å². The van der Waals surface area contributed by atoms with Crippen LogP contribution in [-0.2, 0) is 11.2 Å². The Morgan fingerprint density at radius 2 is 1.72 bits per heavy atom. The number of rotatable bonds is 4. The number of amides is 1. The molecule has 0 aliphatic carbocycles. The molecule has 0 bridgehead atoms. The summed E-state index contributed by atoms with van der Waals surface area (Å²) in [5.41, 5.74) is 3.09. The van der Waals surface area contributed by atoms with Crippen LogP contribution in [0.25, 0.3) is 0 Å². The Labute approximate surface area is 148 Å². The second-order valence-electron chi connectivity index (χ2n) is 6.59. The van der Waals surface area contributed by atoms with Crippen LogP contribution >= 0.6 is 0 Å². The van der Waals surface area contributed by atoms with E-state index in [1.807, 2.05) is 19.0 Å². The molecule has 0 aromatic heterocycles. The van der Waals surface area contributed by atoms with Crippen LogP contribution in [0.3, 0.4) is 0 Å². The zero-order valence-corrected chi connectivity index (χ0v) is 14.8. The van der Waals surface area contributed by atoms with E-state index in [2.05, 4.69) is 34.1 Å². The molecule has 2 aromatic rings. The van der Waals surface area contributed by atoms with Crippen LogP contribution in [0, 0.1) is 5.82 Å². The Hall–Kier alpha value is -2.56. The standard InChI is InChI=1S/C20H24FN3O/c1-22(2)18-6-8-19(9-7-18)23-10-12-24(13-11-23)20(25)15-16-4-3-5-17(21)14-16/h3-9,14H,10-13,15H2,1-2H3. The van der Waals surface area contributed by atoms with E-state index in [-0.39, 0.29) is 18.1 Å². The number of hydrogen-bond acceptors (Lipinski definition) is 3. The Morgan fingerprint density at radius 3 is 2.32 bits per heavy atom. The van der Waals surface area contributed by atoms with Gasteiger partial charge in [0.1, 0.15) is 5.82 Å². The summed E-state index contributed by atoms with van der Waals surface area (Å²) in [5, 5.41) is 0. The molecule has 4 nitrogen and oxygen atoms in total. The van der Waals surface area contributed by atoms with Crippen LogP contribution < -0.4 is 9.80 Å². The third kappa shape index (κ3) is 4.29. The Kier molecular flexibility index (Phi) is 5.22. The van der Waals surface area contributed by atoms with E-state index < -0.39 is 0 Å². The van der Waals surface area contributed by atoms with Crippen molar-refractivity contribution in [1.82, 2.24) is 4.90 Å². The summed E-state index contributed by atoms with van der Waals surface area (Å²) in [4.78, 5) is 18.7. The van der Waals surface area contributed by atoms with Crippen LogP contribution in [0.5, 0.6) is 0 Å². The number of benzene rings is 2. The first-order valence-electron chi connectivity index (χ1n) is 8.57. The summed E-state index contributed by atoms with van der Waals surface area (Å²) >= 11 is 0. The molecule has 1 amide bonds. The topological polar surface area (TPSA) is 26.8 Å². The van der Waals surface area contributed by atoms with Gasteiger partial charge in [-0.25, -0.2) is 4.39 Å². The minimum Gasteiger partial charge on any atom is -0.378 e. The summed E-state index contributed by atoms with van der Waals surface area (Å²) < 4.78 is 13.2. The van der Waals surface area contributed by atoms with Gasteiger partial charge in [0.05, 0.1) is 6.42 Å². The van der Waals surface area contributed by atoms with Crippen molar-refractivity contribution in [2.45, 2.75) is 6.42 Å². The molecule has 0 atom stereocenters. The number of halogens is 1. The second kappa shape index (κ2) is 7.55. The molecule has 1 fully saturated rings. The van der Waals surface area contributed by atoms with Crippen molar-refractivity contribution in [3.63, 3.8) is 0 Å². The maximum atomic E-state index is 13.2. The molecular weight excluding hydrogens is 317 g/mol. The monoisotopic (exact) mass is 341 g/mol. The van der Waals surface area contributed by atoms with Gasteiger partial charge in [0.15, 0.2) is 0 Å². The highest BCUT2D eigenvalue weighted by molar-refractivity contribution is 5.79. The molecule has 132 valence electrons. The first-order chi connectivity index (χ1) is 12.0. The maximum Gasteiger partial charge on any atom is 0.227 e. The van der Waals surface area contributed by atoms with E-state index in [0.717, 1.165) is 18.7 Å². The van der Waals surface area contributed by atoms with E-state index >= 15 is 0 Å². The van der Waals surface area contributed by atoms with Gasteiger partial charge in [-0.15, -0.1) is 0 Å². The van der Waals surface area contributed by atoms with E-state index in [4.69, 9.17) is 0 Å². The third-order valence-corrected chi connectivity index (χ3v) is 4.61. The normalized spacial score (nSPS) is 14.5. The number of anilines is 2. The molecule has 3 rings (SSSR count). The predicted molar refractivity (Wildman–Crippen MR) is 99.7 cm³/mol. The molecule has 0 spiro atoms. The van der Waals surface area contributed by atoms with Gasteiger partial charge in [0.2, 0.25) is 5.91 Å². The van der Waals surface area contributed by atoms with Crippen LogP contribution in [0.4, 0.5) is 15.8 Å². The summed E-state index contributed by atoms with van der Waals surface area (Å²) in [6.45, 7) is 3.03. The summed E-state index contributed by atoms with van der Waals surface area (Å²) in [6, 6.07) is 14.7. The third-order valence-electron chi connectivity index (χ3n) is 4.61. The van der Waals surface area contributed by atoms with E-state index in [9.17, 15) is 9.18 Å². The maximum absolute atomic E-state index is 13.2. The molecule has 0 radical (unpaired) electrons. The highest BCUT2D eigenvalue weighted by atomic mass is 19.1. The van der Waals surface area contributed by atoms with Crippen molar-refractivity contribution in [3.8, 4) is 0 Å². The van der Waals surface area contributed by atoms with Crippen molar-refractivity contribution < 1.29 is 9.18 Å². The summed E-state index contributed by atoms with van der Waals surface area (Å²) in [6.07, 6.45) is 0.259. The first kappa shape index (κ1) is 17.3. The minimum atomic E-state index is -0.295. The lowest BCUT2D eigenvalue weighted by Crippen LogP contribution is -2.49. The average molecular weight is 341 g/mol. The quantitative estimate of drug-likeness (QED) is 0.856. The Morgan fingerprint density at radius 1 is 1.04 bits per heavy atom. The number of carbonyl (C=O) groups is 1. The van der Waals surface area contributed by atoms with Gasteiger partial charge in [-0.2, -0.15) is 0 Å². The minimum absolute atomic E-state index is 0.0632. The number of piperazine rings is 1. The highest BCUT2D eigenvalue weighted by Crippen LogP contribution is 2.21. The molecule has 0 saturated carbocycles. The van der Waals surface area contributed by atoms with Crippen molar-refractivity contribution in [2.75, 3.05) is 50.1 Å². The molecule has 25 heavy (non-hydrogen) atoms. The van der Waals surface area contributed by atoms with Crippen molar-refractivity contribution in [1.29, 1.82) is 0 Å². The SMILES string of the molecule is CN(C)c1ccc(N2CCN(C(=O)Cc3cccc(F)c3)CC2)cc1. The molecule has 0 unspecified atom stereocenters. The Bertz CT molecular complexity index is 722. The van der Waals surface area contributed by atoms with E-state index in [1.54, 1.807) is 12.1 Å². The molecule has 1 saturated heterocycles. The van der Waals surface area contributed by atoms with Crippen LogP contribution in [-0.4, -0.2) is 51.1 Å². The molecule has 1 heterocycles. The van der Waals surface area contributed by atoms with Crippen LogP contribution in [0.1, 0.15) is 5.56 Å². The second-order valence-corrected chi connectivity index (χ2v) is 6.59. The number of nitrogens with zero attached hydrogens (tertiary/aromatic N) is 3. The zero-order valence-electron chi connectivity index (χ0n) is 14.8. The average Bonchev–Trinajstić information content (AvgIpc) is 2.62. The lowest BCUT2D eigenvalue weighted by Gasteiger charge is -2.36. The molecule has 1 aliphatic rings. The van der Waals surface area contributed by atoms with Gasteiger partial charge in [-0.1, -0.05) is 12.1 Å². The van der Waals surface area contributed by atoms with Gasteiger partial charge in [-0.05, 0) is 42.0 Å². The van der Waals surface area contributed by atoms with Gasteiger partial charge in [0, 0.05) is 51.6 Å². The van der Waals surface area contributed by atoms with Gasteiger partial charge >= 0.3 is 0 Å². The molecule has 2 aromatic carbocycles. The fourth-order valence-corrected chi connectivity index (χ4v) is 3.11. The molecule has 0 N–H and O–H groups in total. The van der Waals surface area contributed by atoms with Gasteiger partial charge in [-0.3, -0.25) is 4.79 Å². The zero-order chi connectivity index (χ0) is 17.8. The van der Waals surface area contributed by atoms with E-state index in [1.165, 1.54) is 23.5 Å². The molecule has 1 aliphatic heterocycles. The predicted octanol–water partition coefficient (Wildman–Crippen LogP) is 2.78. The highest BCUT2D eigenvalue weighted by Gasteiger charge is 2.21. The van der Waals surface area contributed by atoms with Crippen molar-refractivity contribution >= 4 is 17.3 Å². The van der Waals surface area contributed by atoms with Crippen molar-refractivity contribution in [2.24, 2.45) is 0 Å². The van der Waals surface area contributed by atoms with Gasteiger partial charge in [0.25, 0.3) is 0 Å². The molecule has 5 heteroatoms. The van der Waals surface area contributed by atoms with Crippen LogP contribution in [0.15, 0.2) is 48.5 Å². The smallest absolute Gasteiger partial charge is 0.227 e. The summed E-state index contributed by atoms with van der Waals surface area (Å²) in [7, 11) is 4.05. The van der Waals surface area contributed by atoms with Crippen molar-refractivity contribution in [3.05, 3.63) is 59.9 Å². The number of hydrogen-bond donors (Lipinski definition) is 0. The lowest BCUT2D eigenvalue weighted by molar-refractivity contribution is -0.130. The fraction of sp³-hybridized carbons (Fsp3) is 0.350. The molecular formula is C20H24FN3O. The van der Waals surface area contributed by atoms with Gasteiger partial charge < -0.3 is 14.7 Å². The first-order valence-corrected chi connectivity index (χ1v) is 8.57.